The zero-order valence-corrected chi connectivity index (χ0v) is 15.8. The average Bonchev–Trinajstić information content (AvgIpc) is 3.17. The number of nitrogens with zero attached hydrogens (tertiary/aromatic N) is 3. The minimum absolute atomic E-state index is 0.0909. The normalized spacial score (nSPS) is 15.9. The Morgan fingerprint density at radius 1 is 1.30 bits per heavy atom. The molecule has 0 spiro atoms. The summed E-state index contributed by atoms with van der Waals surface area (Å²) in [7, 11) is 0. The highest BCUT2D eigenvalue weighted by molar-refractivity contribution is 7.10. The van der Waals surface area contributed by atoms with Crippen LogP contribution in [0.3, 0.4) is 0 Å². The highest BCUT2D eigenvalue weighted by Gasteiger charge is 2.30. The number of carbonyl (C=O) groups excluding carboxylic acids is 1. The summed E-state index contributed by atoms with van der Waals surface area (Å²) in [6, 6.07) is 11.4. The second kappa shape index (κ2) is 7.75. The average molecular weight is 380 g/mol. The Hall–Kier alpha value is -2.93. The van der Waals surface area contributed by atoms with E-state index in [9.17, 15) is 4.79 Å². The Labute approximate surface area is 161 Å². The summed E-state index contributed by atoms with van der Waals surface area (Å²) in [5.74, 6) is 0.574. The van der Waals surface area contributed by atoms with E-state index in [4.69, 9.17) is 4.74 Å². The van der Waals surface area contributed by atoms with Crippen molar-refractivity contribution in [1.29, 1.82) is 0 Å². The fourth-order valence-electron chi connectivity index (χ4n) is 3.36. The third kappa shape index (κ3) is 3.78. The van der Waals surface area contributed by atoms with Gasteiger partial charge in [0, 0.05) is 35.6 Å². The molecule has 0 radical (unpaired) electrons. The van der Waals surface area contributed by atoms with Crippen molar-refractivity contribution in [3.8, 4) is 11.8 Å². The SMILES string of the molecule is CC[C@@H]1c2ccsc2CCN1C(=O)Nc1cccc(Oc2ncccn2)c1. The number of hydrogen-bond donors (Lipinski definition) is 1. The van der Waals surface area contributed by atoms with Crippen LogP contribution in [0.15, 0.2) is 54.2 Å². The fourth-order valence-corrected chi connectivity index (χ4v) is 4.28. The number of aromatic nitrogens is 2. The number of carbonyl (C=O) groups is 1. The molecule has 1 aromatic carbocycles. The molecule has 0 saturated heterocycles. The monoisotopic (exact) mass is 380 g/mol. The maximum atomic E-state index is 12.9. The topological polar surface area (TPSA) is 67.4 Å². The lowest BCUT2D eigenvalue weighted by molar-refractivity contribution is 0.181. The van der Waals surface area contributed by atoms with Crippen molar-refractivity contribution in [3.63, 3.8) is 0 Å². The van der Waals surface area contributed by atoms with Gasteiger partial charge in [-0.1, -0.05) is 13.0 Å². The molecule has 3 heterocycles. The largest absolute Gasteiger partial charge is 0.424 e. The number of nitrogens with one attached hydrogen (secondary N) is 1. The van der Waals surface area contributed by atoms with Gasteiger partial charge >= 0.3 is 12.0 Å². The van der Waals surface area contributed by atoms with Crippen molar-refractivity contribution in [3.05, 3.63) is 64.6 Å². The van der Waals surface area contributed by atoms with Crippen LogP contribution in [-0.4, -0.2) is 27.4 Å². The number of fused-ring (bicyclic) bond motifs is 1. The number of thiophene rings is 1. The van der Waals surface area contributed by atoms with Gasteiger partial charge in [-0.3, -0.25) is 0 Å². The van der Waals surface area contributed by atoms with Crippen molar-refractivity contribution < 1.29 is 9.53 Å². The number of amides is 2. The molecule has 138 valence electrons. The van der Waals surface area contributed by atoms with E-state index in [1.165, 1.54) is 10.4 Å². The first-order valence-corrected chi connectivity index (χ1v) is 9.81. The van der Waals surface area contributed by atoms with Gasteiger partial charge in [-0.2, -0.15) is 0 Å². The van der Waals surface area contributed by atoms with Gasteiger partial charge in [-0.25, -0.2) is 14.8 Å². The number of urea groups is 1. The van der Waals surface area contributed by atoms with Gasteiger partial charge in [-0.05, 0) is 48.1 Å². The van der Waals surface area contributed by atoms with Crippen molar-refractivity contribution in [2.24, 2.45) is 0 Å². The quantitative estimate of drug-likeness (QED) is 0.701. The van der Waals surface area contributed by atoms with E-state index in [-0.39, 0.29) is 18.1 Å². The lowest BCUT2D eigenvalue weighted by Crippen LogP contribution is -2.41. The summed E-state index contributed by atoms with van der Waals surface area (Å²) in [5, 5.41) is 5.11. The van der Waals surface area contributed by atoms with Crippen LogP contribution < -0.4 is 10.1 Å². The molecule has 0 bridgehead atoms. The van der Waals surface area contributed by atoms with Crippen LogP contribution in [0.5, 0.6) is 11.8 Å². The number of benzene rings is 1. The first kappa shape index (κ1) is 17.5. The maximum Gasteiger partial charge on any atom is 0.322 e. The Morgan fingerprint density at radius 2 is 2.15 bits per heavy atom. The lowest BCUT2D eigenvalue weighted by Gasteiger charge is -2.35. The van der Waals surface area contributed by atoms with E-state index >= 15 is 0 Å². The van der Waals surface area contributed by atoms with Gasteiger partial charge in [0.1, 0.15) is 5.75 Å². The third-order valence-electron chi connectivity index (χ3n) is 4.58. The van der Waals surface area contributed by atoms with Gasteiger partial charge in [0.05, 0.1) is 6.04 Å². The molecular weight excluding hydrogens is 360 g/mol. The van der Waals surface area contributed by atoms with Crippen LogP contribution in [-0.2, 0) is 6.42 Å². The van der Waals surface area contributed by atoms with E-state index < -0.39 is 0 Å². The number of hydrogen-bond acceptors (Lipinski definition) is 5. The van der Waals surface area contributed by atoms with Crippen molar-refractivity contribution >= 4 is 23.1 Å². The van der Waals surface area contributed by atoms with Gasteiger partial charge < -0.3 is 15.0 Å². The van der Waals surface area contributed by atoms with Crippen molar-refractivity contribution in [2.45, 2.75) is 25.8 Å². The zero-order chi connectivity index (χ0) is 18.6. The first-order chi connectivity index (χ1) is 13.2. The summed E-state index contributed by atoms with van der Waals surface area (Å²) < 4.78 is 5.64. The molecule has 0 saturated carbocycles. The second-order valence-electron chi connectivity index (χ2n) is 6.26. The van der Waals surface area contributed by atoms with Gasteiger partial charge in [0.25, 0.3) is 0 Å². The lowest BCUT2D eigenvalue weighted by atomic mass is 9.98. The van der Waals surface area contributed by atoms with Crippen molar-refractivity contribution in [1.82, 2.24) is 14.9 Å². The minimum Gasteiger partial charge on any atom is -0.424 e. The minimum atomic E-state index is -0.0909. The van der Waals surface area contributed by atoms with E-state index in [2.05, 4.69) is 33.7 Å². The zero-order valence-electron chi connectivity index (χ0n) is 15.0. The molecule has 2 amide bonds. The Kier molecular flexibility index (Phi) is 5.02. The van der Waals surface area contributed by atoms with E-state index in [1.807, 2.05) is 17.0 Å². The second-order valence-corrected chi connectivity index (χ2v) is 7.26. The molecule has 0 unspecified atom stereocenters. The molecule has 7 heteroatoms. The Bertz CT molecular complexity index is 928. The molecule has 6 nitrogen and oxygen atoms in total. The van der Waals surface area contributed by atoms with Gasteiger partial charge in [0.2, 0.25) is 0 Å². The third-order valence-corrected chi connectivity index (χ3v) is 5.58. The number of rotatable bonds is 4. The molecule has 1 aliphatic rings. The molecule has 0 fully saturated rings. The predicted octanol–water partition coefficient (Wildman–Crippen LogP) is 4.87. The maximum absolute atomic E-state index is 12.9. The van der Waals surface area contributed by atoms with Crippen molar-refractivity contribution in [2.75, 3.05) is 11.9 Å². The number of ether oxygens (including phenoxy) is 1. The van der Waals surface area contributed by atoms with Crippen LogP contribution in [0.25, 0.3) is 0 Å². The van der Waals surface area contributed by atoms with Gasteiger partial charge in [0.15, 0.2) is 0 Å². The predicted molar refractivity (Wildman–Crippen MR) is 105 cm³/mol. The fraction of sp³-hybridized carbons (Fsp3) is 0.250. The van der Waals surface area contributed by atoms with E-state index in [1.54, 1.807) is 41.9 Å². The Morgan fingerprint density at radius 3 is 2.96 bits per heavy atom. The molecule has 3 aromatic rings. The summed E-state index contributed by atoms with van der Waals surface area (Å²) in [6.07, 6.45) is 5.04. The van der Waals surface area contributed by atoms with Crippen LogP contribution in [0.4, 0.5) is 10.5 Å². The van der Waals surface area contributed by atoms with Crippen LogP contribution in [0, 0.1) is 0 Å². The van der Waals surface area contributed by atoms with Gasteiger partial charge in [-0.15, -0.1) is 11.3 Å². The van der Waals surface area contributed by atoms with Crippen LogP contribution >= 0.6 is 11.3 Å². The standard InChI is InChI=1S/C20H20N4O2S/c1-2-17-16-8-12-27-18(16)7-11-24(17)20(25)23-14-5-3-6-15(13-14)26-19-21-9-4-10-22-19/h3-6,8-10,12-13,17H,2,7,11H2,1H3,(H,23,25)/t17-/m1/s1. The summed E-state index contributed by atoms with van der Waals surface area (Å²) in [6.45, 7) is 2.85. The molecule has 0 aliphatic carbocycles. The molecule has 27 heavy (non-hydrogen) atoms. The number of anilines is 1. The molecule has 1 atom stereocenters. The van der Waals surface area contributed by atoms with Crippen LogP contribution in [0.2, 0.25) is 0 Å². The molecule has 1 aliphatic heterocycles. The summed E-state index contributed by atoms with van der Waals surface area (Å²) in [5.41, 5.74) is 1.96. The molecular formula is C20H20N4O2S. The summed E-state index contributed by atoms with van der Waals surface area (Å²) >= 11 is 1.78. The van der Waals surface area contributed by atoms with E-state index in [0.717, 1.165) is 19.4 Å². The first-order valence-electron chi connectivity index (χ1n) is 8.93. The summed E-state index contributed by atoms with van der Waals surface area (Å²) in [4.78, 5) is 24.3. The molecule has 1 N–H and O–H groups in total. The molecule has 2 aromatic heterocycles. The highest BCUT2D eigenvalue weighted by atomic mass is 32.1. The smallest absolute Gasteiger partial charge is 0.322 e. The molecule has 4 rings (SSSR count). The highest BCUT2D eigenvalue weighted by Crippen LogP contribution is 2.35. The van der Waals surface area contributed by atoms with E-state index in [0.29, 0.717) is 11.4 Å². The Balaban J connectivity index is 1.47. The van der Waals surface area contributed by atoms with Crippen LogP contribution in [0.1, 0.15) is 29.8 Å².